The molecule has 1 aromatic carbocycles. The summed E-state index contributed by atoms with van der Waals surface area (Å²) in [5, 5.41) is 8.51. The number of carbonyl (C=O) groups is 1. The Hall–Kier alpha value is -2.40. The van der Waals surface area contributed by atoms with Gasteiger partial charge in [0.1, 0.15) is 18.2 Å². The third-order valence-corrected chi connectivity index (χ3v) is 1.94. The first-order valence-corrected chi connectivity index (χ1v) is 4.64. The topological polar surface area (TPSA) is 44.1 Å². The van der Waals surface area contributed by atoms with Crippen LogP contribution in [-0.2, 0) is 0 Å². The first-order chi connectivity index (χ1) is 8.08. The van der Waals surface area contributed by atoms with E-state index in [0.29, 0.717) is 6.07 Å². The zero-order valence-electron chi connectivity index (χ0n) is 8.78. The maximum Gasteiger partial charge on any atom is 0.255 e. The van der Waals surface area contributed by atoms with Crippen molar-refractivity contribution in [1.82, 2.24) is 4.90 Å². The van der Waals surface area contributed by atoms with Crippen LogP contribution < -0.4 is 0 Å². The summed E-state index contributed by atoms with van der Waals surface area (Å²) >= 11 is 0. The van der Waals surface area contributed by atoms with Crippen LogP contribution in [0, 0.1) is 35.3 Å². The van der Waals surface area contributed by atoms with E-state index in [1.54, 1.807) is 6.07 Å². The number of amides is 1. The maximum absolute atomic E-state index is 12.9. The second-order valence-corrected chi connectivity index (χ2v) is 3.18. The summed E-state index contributed by atoms with van der Waals surface area (Å²) in [7, 11) is 0. The van der Waals surface area contributed by atoms with Gasteiger partial charge in [0.2, 0.25) is 0 Å². The minimum absolute atomic E-state index is 0.0927. The van der Waals surface area contributed by atoms with Crippen LogP contribution in [0.3, 0.4) is 0 Å². The number of carbonyl (C=O) groups excluding carboxylic acids is 1. The molecule has 17 heavy (non-hydrogen) atoms. The van der Waals surface area contributed by atoms with Crippen molar-refractivity contribution in [1.29, 1.82) is 5.26 Å². The van der Waals surface area contributed by atoms with E-state index in [1.807, 2.05) is 0 Å². The minimum Gasteiger partial charge on any atom is -0.314 e. The lowest BCUT2D eigenvalue weighted by Gasteiger charge is -2.16. The fourth-order valence-electron chi connectivity index (χ4n) is 1.25. The van der Waals surface area contributed by atoms with Crippen LogP contribution in [0.4, 0.5) is 8.78 Å². The van der Waals surface area contributed by atoms with E-state index in [1.165, 1.54) is 0 Å². The van der Waals surface area contributed by atoms with Gasteiger partial charge in [-0.15, -0.1) is 6.42 Å². The Morgan fingerprint density at radius 3 is 2.35 bits per heavy atom. The van der Waals surface area contributed by atoms with Crippen molar-refractivity contribution >= 4 is 5.91 Å². The average Bonchev–Trinajstić information content (AvgIpc) is 2.26. The van der Waals surface area contributed by atoms with Gasteiger partial charge in [0.15, 0.2) is 0 Å². The molecule has 5 heteroatoms. The van der Waals surface area contributed by atoms with Crippen molar-refractivity contribution in [2.45, 2.75) is 0 Å². The summed E-state index contributed by atoms with van der Waals surface area (Å²) in [4.78, 5) is 12.8. The molecule has 0 aliphatic rings. The van der Waals surface area contributed by atoms with Gasteiger partial charge in [-0.05, 0) is 12.1 Å². The molecule has 3 nitrogen and oxygen atoms in total. The third-order valence-electron chi connectivity index (χ3n) is 1.94. The molecule has 0 saturated carbocycles. The van der Waals surface area contributed by atoms with E-state index >= 15 is 0 Å². The lowest BCUT2D eigenvalue weighted by atomic mass is 10.2. The highest BCUT2D eigenvalue weighted by atomic mass is 19.1. The van der Waals surface area contributed by atoms with Crippen molar-refractivity contribution in [3.63, 3.8) is 0 Å². The van der Waals surface area contributed by atoms with Gasteiger partial charge in [-0.25, -0.2) is 8.78 Å². The monoisotopic (exact) mass is 234 g/mol. The molecule has 0 atom stereocenters. The van der Waals surface area contributed by atoms with E-state index < -0.39 is 17.5 Å². The summed E-state index contributed by atoms with van der Waals surface area (Å²) < 4.78 is 25.8. The smallest absolute Gasteiger partial charge is 0.255 e. The quantitative estimate of drug-likeness (QED) is 0.588. The van der Waals surface area contributed by atoms with Gasteiger partial charge >= 0.3 is 0 Å². The molecule has 0 saturated heterocycles. The van der Waals surface area contributed by atoms with E-state index in [9.17, 15) is 13.6 Å². The van der Waals surface area contributed by atoms with E-state index in [2.05, 4.69) is 5.92 Å². The Morgan fingerprint density at radius 2 is 1.88 bits per heavy atom. The van der Waals surface area contributed by atoms with E-state index in [-0.39, 0.29) is 18.7 Å². The molecule has 0 unspecified atom stereocenters. The Balaban J connectivity index is 3.02. The number of nitrogens with zero attached hydrogens (tertiary/aromatic N) is 2. The van der Waals surface area contributed by atoms with Gasteiger partial charge in [0.05, 0.1) is 12.6 Å². The highest BCUT2D eigenvalue weighted by Gasteiger charge is 2.16. The number of halogens is 2. The molecule has 1 rings (SSSR count). The molecule has 1 aromatic rings. The van der Waals surface area contributed by atoms with E-state index in [0.717, 1.165) is 17.0 Å². The molecule has 0 spiro atoms. The van der Waals surface area contributed by atoms with Crippen molar-refractivity contribution in [3.05, 3.63) is 35.4 Å². The number of nitriles is 1. The summed E-state index contributed by atoms with van der Waals surface area (Å²) in [6.45, 7) is -0.328. The summed E-state index contributed by atoms with van der Waals surface area (Å²) in [5.41, 5.74) is -0.173. The summed E-state index contributed by atoms with van der Waals surface area (Å²) in [5.74, 6) is -0.190. The Kier molecular flexibility index (Phi) is 4.19. The average molecular weight is 234 g/mol. The summed E-state index contributed by atoms with van der Waals surface area (Å²) in [6, 6.07) is 4.20. The van der Waals surface area contributed by atoms with Gasteiger partial charge in [-0.3, -0.25) is 4.79 Å². The second-order valence-electron chi connectivity index (χ2n) is 3.18. The Labute approximate surface area is 97.3 Å². The van der Waals surface area contributed by atoms with Crippen LogP contribution >= 0.6 is 0 Å². The molecule has 0 bridgehead atoms. The molecule has 1 amide bonds. The molecule has 0 heterocycles. The number of hydrogen-bond acceptors (Lipinski definition) is 2. The van der Waals surface area contributed by atoms with Crippen molar-refractivity contribution in [3.8, 4) is 18.4 Å². The highest BCUT2D eigenvalue weighted by Crippen LogP contribution is 2.10. The largest absolute Gasteiger partial charge is 0.314 e. The second kappa shape index (κ2) is 5.62. The molecular weight excluding hydrogens is 226 g/mol. The predicted molar refractivity (Wildman–Crippen MR) is 56.7 cm³/mol. The predicted octanol–water partition coefficient (Wildman–Crippen LogP) is 1.56. The van der Waals surface area contributed by atoms with Gasteiger partial charge < -0.3 is 4.90 Å². The Bertz CT molecular complexity index is 478. The molecule has 0 radical (unpaired) electrons. The number of terminal acetylenes is 1. The van der Waals surface area contributed by atoms with Gasteiger partial charge in [0, 0.05) is 11.6 Å². The highest BCUT2D eigenvalue weighted by molar-refractivity contribution is 5.94. The van der Waals surface area contributed by atoms with Crippen LogP contribution in [0.25, 0.3) is 0 Å². The first-order valence-electron chi connectivity index (χ1n) is 4.64. The fourth-order valence-corrected chi connectivity index (χ4v) is 1.25. The zero-order chi connectivity index (χ0) is 12.8. The summed E-state index contributed by atoms with van der Waals surface area (Å²) in [6.07, 6.45) is 5.03. The standard InChI is InChI=1S/C12H8F2N2O/c1-2-4-16(5-3-15)12(17)9-6-10(13)8-11(14)7-9/h1,6-8H,4-5H2. The van der Waals surface area contributed by atoms with Crippen molar-refractivity contribution < 1.29 is 13.6 Å². The van der Waals surface area contributed by atoms with Crippen molar-refractivity contribution in [2.75, 3.05) is 13.1 Å². The molecular formula is C12H8F2N2O. The molecule has 0 fully saturated rings. The van der Waals surface area contributed by atoms with Gasteiger partial charge in [0.25, 0.3) is 5.91 Å². The number of rotatable bonds is 3. The van der Waals surface area contributed by atoms with Crippen LogP contribution in [0.1, 0.15) is 10.4 Å². The van der Waals surface area contributed by atoms with Gasteiger partial charge in [-0.1, -0.05) is 5.92 Å². The fraction of sp³-hybridized carbons (Fsp3) is 0.167. The van der Waals surface area contributed by atoms with Crippen LogP contribution in [0.2, 0.25) is 0 Å². The van der Waals surface area contributed by atoms with E-state index in [4.69, 9.17) is 11.7 Å². The first kappa shape index (κ1) is 12.7. The number of benzene rings is 1. The maximum atomic E-state index is 12.9. The molecule has 0 aliphatic carbocycles. The Morgan fingerprint density at radius 1 is 1.29 bits per heavy atom. The minimum atomic E-state index is -0.856. The molecule has 0 aliphatic heterocycles. The third kappa shape index (κ3) is 3.29. The SMILES string of the molecule is C#CCN(CC#N)C(=O)c1cc(F)cc(F)c1. The lowest BCUT2D eigenvalue weighted by molar-refractivity contribution is 0.0794. The number of hydrogen-bond donors (Lipinski definition) is 0. The molecule has 86 valence electrons. The van der Waals surface area contributed by atoms with Crippen LogP contribution in [0.5, 0.6) is 0 Å². The lowest BCUT2D eigenvalue weighted by Crippen LogP contribution is -2.31. The van der Waals surface area contributed by atoms with Crippen LogP contribution in [-0.4, -0.2) is 23.9 Å². The molecule has 0 aromatic heterocycles. The zero-order valence-corrected chi connectivity index (χ0v) is 8.78. The van der Waals surface area contributed by atoms with Crippen molar-refractivity contribution in [2.24, 2.45) is 0 Å². The normalized spacial score (nSPS) is 9.18. The van der Waals surface area contributed by atoms with Gasteiger partial charge in [-0.2, -0.15) is 5.26 Å². The van der Waals surface area contributed by atoms with Crippen LogP contribution in [0.15, 0.2) is 18.2 Å². The molecule has 0 N–H and O–H groups in total.